The Kier molecular flexibility index (Phi) is 9.73. The van der Waals surface area contributed by atoms with Crippen LogP contribution in [-0.4, -0.2) is 50.0 Å². The van der Waals surface area contributed by atoms with E-state index in [2.05, 4.69) is 5.32 Å². The molecule has 11 heteroatoms. The molecule has 0 spiro atoms. The summed E-state index contributed by atoms with van der Waals surface area (Å²) in [6.07, 6.45) is 1.61. The Hall–Kier alpha value is -2.36. The van der Waals surface area contributed by atoms with Gasteiger partial charge in [0.05, 0.1) is 17.0 Å². The molecule has 0 aliphatic heterocycles. The lowest BCUT2D eigenvalue weighted by Crippen LogP contribution is -2.52. The molecule has 34 heavy (non-hydrogen) atoms. The lowest BCUT2D eigenvalue weighted by Gasteiger charge is -2.32. The zero-order valence-corrected chi connectivity index (χ0v) is 21.7. The molecule has 0 saturated carbocycles. The molecule has 0 heterocycles. The topological polar surface area (TPSA) is 86.8 Å². The SMILES string of the molecule is CCC(C)NC(=O)C(C)N(Cc1ccccc1F)C(=O)CN(c1ccc(Cl)cc1Cl)S(C)(=O)=O. The van der Waals surface area contributed by atoms with Gasteiger partial charge < -0.3 is 10.2 Å². The van der Waals surface area contributed by atoms with Gasteiger partial charge in [-0.3, -0.25) is 13.9 Å². The second-order valence-electron chi connectivity index (χ2n) is 7.97. The van der Waals surface area contributed by atoms with Crippen LogP contribution in [0, 0.1) is 5.82 Å². The lowest BCUT2D eigenvalue weighted by molar-refractivity contribution is -0.139. The first-order valence-corrected chi connectivity index (χ1v) is 13.2. The summed E-state index contributed by atoms with van der Waals surface area (Å²) < 4.78 is 40.3. The number of nitrogens with one attached hydrogen (secondary N) is 1. The summed E-state index contributed by atoms with van der Waals surface area (Å²) in [5, 5.41) is 3.13. The second-order valence-corrected chi connectivity index (χ2v) is 10.7. The molecular weight excluding hydrogens is 504 g/mol. The maximum absolute atomic E-state index is 14.4. The van der Waals surface area contributed by atoms with Crippen molar-refractivity contribution in [3.05, 3.63) is 63.9 Å². The molecule has 0 fully saturated rings. The van der Waals surface area contributed by atoms with Gasteiger partial charge in [-0.15, -0.1) is 0 Å². The highest BCUT2D eigenvalue weighted by Crippen LogP contribution is 2.30. The fourth-order valence-electron chi connectivity index (χ4n) is 3.14. The van der Waals surface area contributed by atoms with Crippen molar-refractivity contribution in [3.63, 3.8) is 0 Å². The van der Waals surface area contributed by atoms with Crippen molar-refractivity contribution in [1.82, 2.24) is 10.2 Å². The van der Waals surface area contributed by atoms with Crippen molar-refractivity contribution in [1.29, 1.82) is 0 Å². The zero-order valence-electron chi connectivity index (χ0n) is 19.4. The van der Waals surface area contributed by atoms with Gasteiger partial charge in [-0.05, 0) is 44.5 Å². The maximum atomic E-state index is 14.4. The molecule has 2 rings (SSSR count). The Morgan fingerprint density at radius 1 is 1.12 bits per heavy atom. The molecule has 2 aromatic carbocycles. The highest BCUT2D eigenvalue weighted by atomic mass is 35.5. The largest absolute Gasteiger partial charge is 0.352 e. The van der Waals surface area contributed by atoms with Crippen LogP contribution in [0.2, 0.25) is 10.0 Å². The van der Waals surface area contributed by atoms with Crippen LogP contribution in [0.1, 0.15) is 32.8 Å². The number of amides is 2. The number of sulfonamides is 1. The molecule has 2 atom stereocenters. The van der Waals surface area contributed by atoms with Crippen molar-refractivity contribution in [2.24, 2.45) is 0 Å². The summed E-state index contributed by atoms with van der Waals surface area (Å²) in [6, 6.07) is 8.94. The predicted octanol–water partition coefficient (Wildman–Crippen LogP) is 4.23. The van der Waals surface area contributed by atoms with Crippen LogP contribution < -0.4 is 9.62 Å². The van der Waals surface area contributed by atoms with E-state index in [1.165, 1.54) is 43.3 Å². The summed E-state index contributed by atoms with van der Waals surface area (Å²) in [6.45, 7) is 4.36. The molecule has 0 aliphatic carbocycles. The number of halogens is 3. The molecule has 0 bridgehead atoms. The van der Waals surface area contributed by atoms with E-state index in [1.807, 2.05) is 13.8 Å². The summed E-state index contributed by atoms with van der Waals surface area (Å²) in [7, 11) is -3.95. The first-order chi connectivity index (χ1) is 15.8. The number of rotatable bonds is 10. The van der Waals surface area contributed by atoms with Crippen molar-refractivity contribution >= 4 is 50.7 Å². The van der Waals surface area contributed by atoms with Crippen LogP contribution in [0.3, 0.4) is 0 Å². The molecule has 0 aliphatic rings. The Balaban J connectivity index is 2.43. The van der Waals surface area contributed by atoms with E-state index in [1.54, 1.807) is 6.07 Å². The lowest BCUT2D eigenvalue weighted by atomic mass is 10.1. The van der Waals surface area contributed by atoms with Gasteiger partial charge in [-0.25, -0.2) is 12.8 Å². The smallest absolute Gasteiger partial charge is 0.244 e. The highest BCUT2D eigenvalue weighted by molar-refractivity contribution is 7.92. The molecule has 0 radical (unpaired) electrons. The molecule has 7 nitrogen and oxygen atoms in total. The Labute approximate surface area is 209 Å². The molecule has 1 N–H and O–H groups in total. The van der Waals surface area contributed by atoms with Gasteiger partial charge in [0.15, 0.2) is 0 Å². The van der Waals surface area contributed by atoms with Crippen LogP contribution in [0.4, 0.5) is 10.1 Å². The Morgan fingerprint density at radius 2 is 1.76 bits per heavy atom. The number of hydrogen-bond acceptors (Lipinski definition) is 4. The van der Waals surface area contributed by atoms with Crippen molar-refractivity contribution < 1.29 is 22.4 Å². The fraction of sp³-hybridized carbons (Fsp3) is 0.391. The number of anilines is 1. The van der Waals surface area contributed by atoms with Crippen LogP contribution in [0.15, 0.2) is 42.5 Å². The number of nitrogens with zero attached hydrogens (tertiary/aromatic N) is 2. The third kappa shape index (κ3) is 7.32. The third-order valence-electron chi connectivity index (χ3n) is 5.32. The third-order valence-corrected chi connectivity index (χ3v) is 6.99. The van der Waals surface area contributed by atoms with Gasteiger partial charge in [-0.2, -0.15) is 0 Å². The van der Waals surface area contributed by atoms with Crippen molar-refractivity contribution in [2.75, 3.05) is 17.1 Å². The van der Waals surface area contributed by atoms with Gasteiger partial charge >= 0.3 is 0 Å². The second kappa shape index (κ2) is 11.9. The van der Waals surface area contributed by atoms with E-state index >= 15 is 0 Å². The fourth-order valence-corrected chi connectivity index (χ4v) is 4.56. The van der Waals surface area contributed by atoms with E-state index in [9.17, 15) is 22.4 Å². The van der Waals surface area contributed by atoms with Gasteiger partial charge in [-0.1, -0.05) is 48.3 Å². The minimum Gasteiger partial charge on any atom is -0.352 e. The number of benzene rings is 2. The average molecular weight is 532 g/mol. The average Bonchev–Trinajstić information content (AvgIpc) is 2.76. The van der Waals surface area contributed by atoms with Gasteiger partial charge in [0.25, 0.3) is 0 Å². The molecule has 2 aromatic rings. The summed E-state index contributed by atoms with van der Waals surface area (Å²) in [4.78, 5) is 27.4. The van der Waals surface area contributed by atoms with E-state index in [-0.39, 0.29) is 28.9 Å². The van der Waals surface area contributed by atoms with Crippen LogP contribution in [-0.2, 0) is 26.2 Å². The molecule has 186 valence electrons. The van der Waals surface area contributed by atoms with Gasteiger partial charge in [0.1, 0.15) is 18.4 Å². The predicted molar refractivity (Wildman–Crippen MR) is 133 cm³/mol. The zero-order chi connectivity index (χ0) is 25.6. The molecule has 2 unspecified atom stereocenters. The Morgan fingerprint density at radius 3 is 2.32 bits per heavy atom. The monoisotopic (exact) mass is 531 g/mol. The number of carbonyl (C=O) groups excluding carboxylic acids is 2. The minimum absolute atomic E-state index is 0.0361. The molecular formula is C23H28Cl2FN3O4S. The van der Waals surface area contributed by atoms with E-state index in [4.69, 9.17) is 23.2 Å². The maximum Gasteiger partial charge on any atom is 0.244 e. The highest BCUT2D eigenvalue weighted by Gasteiger charge is 2.31. The first-order valence-electron chi connectivity index (χ1n) is 10.6. The van der Waals surface area contributed by atoms with Crippen LogP contribution in [0.25, 0.3) is 0 Å². The standard InChI is InChI=1S/C23H28Cl2FN3O4S/c1-5-15(2)27-23(31)16(3)28(13-17-8-6-7-9-20(17)26)22(30)14-29(34(4,32)33)21-11-10-18(24)12-19(21)25/h6-12,15-16H,5,13-14H2,1-4H3,(H,27,31). The van der Waals surface area contributed by atoms with E-state index in [0.717, 1.165) is 15.5 Å². The normalized spacial score (nSPS) is 13.1. The molecule has 0 aromatic heterocycles. The number of carbonyl (C=O) groups is 2. The summed E-state index contributed by atoms with van der Waals surface area (Å²) >= 11 is 12.1. The number of hydrogen-bond donors (Lipinski definition) is 1. The van der Waals surface area contributed by atoms with Gasteiger partial charge in [0.2, 0.25) is 21.8 Å². The van der Waals surface area contributed by atoms with E-state index < -0.39 is 40.2 Å². The van der Waals surface area contributed by atoms with Crippen molar-refractivity contribution in [2.45, 2.75) is 45.8 Å². The van der Waals surface area contributed by atoms with Crippen molar-refractivity contribution in [3.8, 4) is 0 Å². The van der Waals surface area contributed by atoms with E-state index in [0.29, 0.717) is 11.4 Å². The van der Waals surface area contributed by atoms with Crippen LogP contribution >= 0.6 is 23.2 Å². The Bertz CT molecular complexity index is 1150. The minimum atomic E-state index is -3.95. The first kappa shape index (κ1) is 27.9. The quantitative estimate of drug-likeness (QED) is 0.496. The molecule has 2 amide bonds. The molecule has 0 saturated heterocycles. The summed E-state index contributed by atoms with van der Waals surface area (Å²) in [5.41, 5.74) is 0.249. The van der Waals surface area contributed by atoms with Gasteiger partial charge in [0, 0.05) is 23.2 Å². The summed E-state index contributed by atoms with van der Waals surface area (Å²) in [5.74, 6) is -1.68. The van der Waals surface area contributed by atoms with Crippen LogP contribution in [0.5, 0.6) is 0 Å².